The number of carbonyl (C=O) groups is 2. The maximum Gasteiger partial charge on any atom is 0.254 e. The van der Waals surface area contributed by atoms with E-state index in [2.05, 4.69) is 13.8 Å². The summed E-state index contributed by atoms with van der Waals surface area (Å²) in [5.41, 5.74) is 1.15. The highest BCUT2D eigenvalue weighted by Gasteiger charge is 2.52. The Morgan fingerprint density at radius 1 is 1.14 bits per heavy atom. The summed E-state index contributed by atoms with van der Waals surface area (Å²) in [4.78, 5) is 28.8. The average Bonchev–Trinajstić information content (AvgIpc) is 2.70. The fourth-order valence-corrected chi connectivity index (χ4v) is 4.51. The number of benzene rings is 1. The molecule has 0 spiro atoms. The average molecular weight is 389 g/mol. The van der Waals surface area contributed by atoms with E-state index in [0.717, 1.165) is 43.7 Å². The van der Waals surface area contributed by atoms with Crippen molar-refractivity contribution in [2.75, 3.05) is 27.3 Å². The van der Waals surface area contributed by atoms with E-state index < -0.39 is 0 Å². The van der Waals surface area contributed by atoms with Crippen LogP contribution in [0.15, 0.2) is 24.3 Å². The molecule has 0 saturated carbocycles. The standard InChI is InChI=1S/C22H32N2O4/c1-15(2)24-20(21(28-4)22(24)26)17-11-13-23(14-12-17)19(25)10-7-16-5-8-18(27-3)9-6-16/h5-6,8-9,15,17,20-21H,7,10-14H2,1-4H3. The van der Waals surface area contributed by atoms with Gasteiger partial charge in [-0.05, 0) is 56.7 Å². The molecule has 0 radical (unpaired) electrons. The van der Waals surface area contributed by atoms with Crippen molar-refractivity contribution in [1.29, 1.82) is 0 Å². The topological polar surface area (TPSA) is 59.1 Å². The van der Waals surface area contributed by atoms with Gasteiger partial charge in [-0.3, -0.25) is 9.59 Å². The van der Waals surface area contributed by atoms with Gasteiger partial charge in [0.1, 0.15) is 5.75 Å². The number of piperidine rings is 1. The zero-order valence-electron chi connectivity index (χ0n) is 17.4. The van der Waals surface area contributed by atoms with Crippen molar-refractivity contribution in [3.8, 4) is 5.75 Å². The molecule has 2 heterocycles. The first kappa shape index (κ1) is 20.6. The Morgan fingerprint density at radius 3 is 2.32 bits per heavy atom. The Morgan fingerprint density at radius 2 is 1.79 bits per heavy atom. The smallest absolute Gasteiger partial charge is 0.254 e. The number of rotatable bonds is 7. The minimum atomic E-state index is -0.315. The lowest BCUT2D eigenvalue weighted by atomic mass is 9.79. The first-order valence-electron chi connectivity index (χ1n) is 10.2. The maximum absolute atomic E-state index is 12.6. The predicted molar refractivity (Wildman–Crippen MR) is 107 cm³/mol. The van der Waals surface area contributed by atoms with Crippen LogP contribution in [0.4, 0.5) is 0 Å². The molecular formula is C22H32N2O4. The third kappa shape index (κ3) is 4.17. The molecule has 28 heavy (non-hydrogen) atoms. The molecule has 2 aliphatic heterocycles. The summed E-state index contributed by atoms with van der Waals surface area (Å²) in [5.74, 6) is 1.54. The number of β-lactam (4-membered cyclic amide) rings is 1. The van der Waals surface area contributed by atoms with Crippen molar-refractivity contribution < 1.29 is 19.1 Å². The Kier molecular flexibility index (Phi) is 6.60. The molecule has 1 aromatic carbocycles. The second-order valence-electron chi connectivity index (χ2n) is 8.05. The quantitative estimate of drug-likeness (QED) is 0.674. The highest BCUT2D eigenvalue weighted by atomic mass is 16.5. The predicted octanol–water partition coefficient (Wildman–Crippen LogP) is 2.50. The van der Waals surface area contributed by atoms with Crippen LogP contribution in [0.5, 0.6) is 5.75 Å². The monoisotopic (exact) mass is 388 g/mol. The number of ether oxygens (including phenoxy) is 2. The van der Waals surface area contributed by atoms with Gasteiger partial charge in [-0.15, -0.1) is 0 Å². The number of hydrogen-bond donors (Lipinski definition) is 0. The molecule has 3 rings (SSSR count). The summed E-state index contributed by atoms with van der Waals surface area (Å²) >= 11 is 0. The number of carbonyl (C=O) groups excluding carboxylic acids is 2. The van der Waals surface area contributed by atoms with E-state index >= 15 is 0 Å². The second kappa shape index (κ2) is 8.95. The van der Waals surface area contributed by atoms with Gasteiger partial charge >= 0.3 is 0 Å². The molecule has 2 saturated heterocycles. The SMILES string of the molecule is COc1ccc(CCC(=O)N2CCC(C3C(OC)C(=O)N3C(C)C)CC2)cc1. The Labute approximate surface area is 167 Å². The lowest BCUT2D eigenvalue weighted by molar-refractivity contribution is -0.182. The van der Waals surface area contributed by atoms with Crippen molar-refractivity contribution in [1.82, 2.24) is 9.80 Å². The van der Waals surface area contributed by atoms with Crippen LogP contribution >= 0.6 is 0 Å². The summed E-state index contributed by atoms with van der Waals surface area (Å²) in [7, 11) is 3.27. The van der Waals surface area contributed by atoms with Crippen LogP contribution in [0.2, 0.25) is 0 Å². The maximum atomic E-state index is 12.6. The van der Waals surface area contributed by atoms with Gasteiger partial charge < -0.3 is 19.3 Å². The molecular weight excluding hydrogens is 356 g/mol. The van der Waals surface area contributed by atoms with Gasteiger partial charge in [-0.2, -0.15) is 0 Å². The molecule has 2 atom stereocenters. The fourth-order valence-electron chi connectivity index (χ4n) is 4.51. The molecule has 2 unspecified atom stereocenters. The number of hydrogen-bond acceptors (Lipinski definition) is 4. The lowest BCUT2D eigenvalue weighted by Gasteiger charge is -2.53. The molecule has 0 aromatic heterocycles. The second-order valence-corrected chi connectivity index (χ2v) is 8.05. The fraction of sp³-hybridized carbons (Fsp3) is 0.636. The van der Waals surface area contributed by atoms with Crippen LogP contribution in [-0.2, 0) is 20.7 Å². The molecule has 154 valence electrons. The van der Waals surface area contributed by atoms with Crippen LogP contribution < -0.4 is 4.74 Å². The first-order valence-corrected chi connectivity index (χ1v) is 10.2. The summed E-state index contributed by atoms with van der Waals surface area (Å²) in [6.45, 7) is 5.63. The minimum Gasteiger partial charge on any atom is -0.497 e. The molecule has 2 aliphatic rings. The normalized spacial score (nSPS) is 23.1. The van der Waals surface area contributed by atoms with Crippen molar-refractivity contribution in [3.63, 3.8) is 0 Å². The van der Waals surface area contributed by atoms with E-state index in [1.54, 1.807) is 14.2 Å². The number of nitrogens with zero attached hydrogens (tertiary/aromatic N) is 2. The van der Waals surface area contributed by atoms with E-state index in [9.17, 15) is 9.59 Å². The summed E-state index contributed by atoms with van der Waals surface area (Å²) in [6.07, 6.45) is 2.81. The van der Waals surface area contributed by atoms with Crippen molar-refractivity contribution in [2.24, 2.45) is 5.92 Å². The molecule has 6 heteroatoms. The molecule has 0 N–H and O–H groups in total. The van der Waals surface area contributed by atoms with E-state index in [0.29, 0.717) is 12.3 Å². The van der Waals surface area contributed by atoms with E-state index in [-0.39, 0.29) is 30.0 Å². The highest BCUT2D eigenvalue weighted by Crippen LogP contribution is 2.36. The van der Waals surface area contributed by atoms with E-state index in [1.807, 2.05) is 34.1 Å². The molecule has 0 aliphatic carbocycles. The zero-order chi connectivity index (χ0) is 20.3. The van der Waals surface area contributed by atoms with E-state index in [1.165, 1.54) is 0 Å². The van der Waals surface area contributed by atoms with Crippen LogP contribution in [0.1, 0.15) is 38.7 Å². The number of methoxy groups -OCH3 is 2. The van der Waals surface area contributed by atoms with Gasteiger partial charge in [-0.1, -0.05) is 12.1 Å². The van der Waals surface area contributed by atoms with Gasteiger partial charge in [0, 0.05) is 32.7 Å². The Hall–Kier alpha value is -2.08. The van der Waals surface area contributed by atoms with Crippen LogP contribution in [0, 0.1) is 5.92 Å². The van der Waals surface area contributed by atoms with Crippen LogP contribution in [0.3, 0.4) is 0 Å². The van der Waals surface area contributed by atoms with Gasteiger partial charge in [0.2, 0.25) is 5.91 Å². The Balaban J connectivity index is 1.49. The number of likely N-dealkylation sites (tertiary alicyclic amines) is 2. The summed E-state index contributed by atoms with van der Waals surface area (Å²) in [6, 6.07) is 8.21. The van der Waals surface area contributed by atoms with Crippen LogP contribution in [0.25, 0.3) is 0 Å². The van der Waals surface area contributed by atoms with Crippen LogP contribution in [-0.4, -0.2) is 67.1 Å². The van der Waals surface area contributed by atoms with Gasteiger partial charge in [0.25, 0.3) is 5.91 Å². The van der Waals surface area contributed by atoms with Crippen molar-refractivity contribution in [3.05, 3.63) is 29.8 Å². The minimum absolute atomic E-state index is 0.0977. The molecule has 6 nitrogen and oxygen atoms in total. The highest BCUT2D eigenvalue weighted by molar-refractivity contribution is 5.88. The molecule has 2 fully saturated rings. The van der Waals surface area contributed by atoms with Crippen molar-refractivity contribution >= 4 is 11.8 Å². The van der Waals surface area contributed by atoms with Crippen molar-refractivity contribution in [2.45, 2.75) is 57.7 Å². The van der Waals surface area contributed by atoms with Gasteiger partial charge in [0.15, 0.2) is 6.10 Å². The number of amides is 2. The summed E-state index contributed by atoms with van der Waals surface area (Å²) < 4.78 is 10.6. The summed E-state index contributed by atoms with van der Waals surface area (Å²) in [5, 5.41) is 0. The van der Waals surface area contributed by atoms with Gasteiger partial charge in [-0.25, -0.2) is 0 Å². The lowest BCUT2D eigenvalue weighted by Crippen LogP contribution is -2.70. The zero-order valence-corrected chi connectivity index (χ0v) is 17.4. The number of aryl methyl sites for hydroxylation is 1. The third-order valence-electron chi connectivity index (χ3n) is 6.10. The first-order chi connectivity index (χ1) is 13.5. The Bertz CT molecular complexity index is 680. The van der Waals surface area contributed by atoms with E-state index in [4.69, 9.17) is 9.47 Å². The molecule has 2 amide bonds. The molecule has 1 aromatic rings. The van der Waals surface area contributed by atoms with Gasteiger partial charge in [0.05, 0.1) is 13.2 Å². The molecule has 0 bridgehead atoms. The largest absolute Gasteiger partial charge is 0.497 e. The third-order valence-corrected chi connectivity index (χ3v) is 6.10.